The summed E-state index contributed by atoms with van der Waals surface area (Å²) >= 11 is 1.32. The van der Waals surface area contributed by atoms with Crippen LogP contribution in [0.4, 0.5) is 0 Å². The number of amides is 1. The van der Waals surface area contributed by atoms with Crippen LogP contribution in [0.25, 0.3) is 0 Å². The molecular formula is C5H5NO2S. The van der Waals surface area contributed by atoms with Crippen molar-refractivity contribution in [2.45, 2.75) is 5.37 Å². The van der Waals surface area contributed by atoms with Gasteiger partial charge in [-0.05, 0) is 5.41 Å². The van der Waals surface area contributed by atoms with Crippen molar-refractivity contribution in [3.05, 3.63) is 11.6 Å². The number of rotatable bonds is 2. The molecule has 0 aromatic heterocycles. The normalized spacial score (nSPS) is 24.4. The zero-order valence-electron chi connectivity index (χ0n) is 4.56. The van der Waals surface area contributed by atoms with E-state index in [-0.39, 0.29) is 5.37 Å². The predicted molar refractivity (Wildman–Crippen MR) is 34.5 cm³/mol. The smallest absolute Gasteiger partial charge is 0.215 e. The van der Waals surface area contributed by atoms with Gasteiger partial charge in [-0.2, -0.15) is 0 Å². The maximum atomic E-state index is 10.1. The van der Waals surface area contributed by atoms with Gasteiger partial charge < -0.3 is 9.69 Å². The number of aldehydes is 1. The fourth-order valence-electron chi connectivity index (χ4n) is 0.538. The molecule has 1 heterocycles. The van der Waals surface area contributed by atoms with Gasteiger partial charge in [0.05, 0.1) is 0 Å². The molecule has 0 bridgehead atoms. The monoisotopic (exact) mass is 143 g/mol. The summed E-state index contributed by atoms with van der Waals surface area (Å²) < 4.78 is 0. The zero-order chi connectivity index (χ0) is 6.69. The first-order chi connectivity index (χ1) is 4.38. The third kappa shape index (κ3) is 1.13. The Balaban J connectivity index is 2.58. The van der Waals surface area contributed by atoms with E-state index in [0.29, 0.717) is 6.41 Å². The third-order valence-electron chi connectivity index (χ3n) is 0.983. The van der Waals surface area contributed by atoms with Gasteiger partial charge in [0, 0.05) is 6.20 Å². The minimum atomic E-state index is -0.331. The maximum absolute atomic E-state index is 10.1. The molecule has 1 aliphatic rings. The standard InChI is InChI=1S/C5H5NO2S/c7-3-5-6(4-8)1-2-9-5/h1-5H. The van der Waals surface area contributed by atoms with Crippen molar-refractivity contribution in [3.63, 3.8) is 0 Å². The average molecular weight is 143 g/mol. The van der Waals surface area contributed by atoms with E-state index in [0.717, 1.165) is 6.29 Å². The minimum absolute atomic E-state index is 0.331. The summed E-state index contributed by atoms with van der Waals surface area (Å²) in [7, 11) is 0. The van der Waals surface area contributed by atoms with Crippen LogP contribution in [-0.2, 0) is 9.59 Å². The number of hydrogen-bond acceptors (Lipinski definition) is 3. The van der Waals surface area contributed by atoms with Crippen LogP contribution < -0.4 is 0 Å². The molecule has 48 valence electrons. The second kappa shape index (κ2) is 2.68. The summed E-state index contributed by atoms with van der Waals surface area (Å²) in [6.45, 7) is 0. The Morgan fingerprint density at radius 2 is 2.33 bits per heavy atom. The van der Waals surface area contributed by atoms with Gasteiger partial charge in [0.2, 0.25) is 6.41 Å². The molecule has 3 nitrogen and oxygen atoms in total. The maximum Gasteiger partial charge on any atom is 0.215 e. The summed E-state index contributed by atoms with van der Waals surface area (Å²) in [6.07, 6.45) is 2.95. The zero-order valence-corrected chi connectivity index (χ0v) is 5.38. The Bertz CT molecular complexity index is 157. The van der Waals surface area contributed by atoms with Gasteiger partial charge in [0.15, 0.2) is 6.29 Å². The largest absolute Gasteiger partial charge is 0.301 e. The fraction of sp³-hybridized carbons (Fsp3) is 0.200. The molecule has 1 rings (SSSR count). The highest BCUT2D eigenvalue weighted by molar-refractivity contribution is 8.03. The molecule has 1 unspecified atom stereocenters. The predicted octanol–water partition coefficient (Wildman–Crippen LogP) is 0.188. The van der Waals surface area contributed by atoms with Crippen molar-refractivity contribution in [2.75, 3.05) is 0 Å². The van der Waals surface area contributed by atoms with E-state index in [9.17, 15) is 9.59 Å². The van der Waals surface area contributed by atoms with Crippen LogP contribution in [0, 0.1) is 0 Å². The van der Waals surface area contributed by atoms with E-state index >= 15 is 0 Å². The van der Waals surface area contributed by atoms with Crippen molar-refractivity contribution in [1.82, 2.24) is 4.90 Å². The van der Waals surface area contributed by atoms with Crippen LogP contribution in [0.1, 0.15) is 0 Å². The molecule has 1 aliphatic heterocycles. The van der Waals surface area contributed by atoms with Crippen LogP contribution >= 0.6 is 11.8 Å². The van der Waals surface area contributed by atoms with Crippen LogP contribution in [0.5, 0.6) is 0 Å². The lowest BCUT2D eigenvalue weighted by Crippen LogP contribution is -2.23. The van der Waals surface area contributed by atoms with Crippen molar-refractivity contribution < 1.29 is 9.59 Å². The molecule has 0 aromatic rings. The van der Waals surface area contributed by atoms with E-state index in [4.69, 9.17) is 0 Å². The van der Waals surface area contributed by atoms with Crippen molar-refractivity contribution in [2.24, 2.45) is 0 Å². The number of thioether (sulfide) groups is 1. The Kier molecular flexibility index (Phi) is 1.89. The molecular weight excluding hydrogens is 138 g/mol. The average Bonchev–Trinajstić information content (AvgIpc) is 2.33. The highest BCUT2D eigenvalue weighted by atomic mass is 32.2. The lowest BCUT2D eigenvalue weighted by molar-refractivity contribution is -0.120. The van der Waals surface area contributed by atoms with Gasteiger partial charge in [-0.25, -0.2) is 0 Å². The summed E-state index contributed by atoms with van der Waals surface area (Å²) in [5.41, 5.74) is 0. The van der Waals surface area contributed by atoms with E-state index in [2.05, 4.69) is 0 Å². The van der Waals surface area contributed by atoms with Gasteiger partial charge in [0.1, 0.15) is 5.37 Å². The number of carbonyl (C=O) groups excluding carboxylic acids is 2. The van der Waals surface area contributed by atoms with Gasteiger partial charge in [-0.15, -0.1) is 0 Å². The second-order valence-electron chi connectivity index (χ2n) is 1.50. The minimum Gasteiger partial charge on any atom is -0.301 e. The molecule has 0 N–H and O–H groups in total. The van der Waals surface area contributed by atoms with Crippen LogP contribution in [0.3, 0.4) is 0 Å². The van der Waals surface area contributed by atoms with E-state index in [1.807, 2.05) is 0 Å². The van der Waals surface area contributed by atoms with E-state index in [1.54, 1.807) is 11.6 Å². The van der Waals surface area contributed by atoms with Gasteiger partial charge in [-0.1, -0.05) is 11.8 Å². The molecule has 0 aliphatic carbocycles. The van der Waals surface area contributed by atoms with Crippen molar-refractivity contribution in [3.8, 4) is 0 Å². The third-order valence-corrected chi connectivity index (χ3v) is 1.90. The lowest BCUT2D eigenvalue weighted by Gasteiger charge is -2.09. The van der Waals surface area contributed by atoms with Crippen LogP contribution in [-0.4, -0.2) is 23.0 Å². The molecule has 0 fully saturated rings. The Hall–Kier alpha value is -0.770. The molecule has 1 atom stereocenters. The summed E-state index contributed by atoms with van der Waals surface area (Å²) in [6, 6.07) is 0. The van der Waals surface area contributed by atoms with E-state index in [1.165, 1.54) is 16.7 Å². The molecule has 9 heavy (non-hydrogen) atoms. The molecule has 4 heteroatoms. The lowest BCUT2D eigenvalue weighted by atomic mass is 10.6. The Labute approximate surface area is 56.7 Å². The van der Waals surface area contributed by atoms with Gasteiger partial charge in [0.25, 0.3) is 0 Å². The summed E-state index contributed by atoms with van der Waals surface area (Å²) in [4.78, 5) is 21.5. The number of nitrogens with zero attached hydrogens (tertiary/aromatic N) is 1. The van der Waals surface area contributed by atoms with Crippen molar-refractivity contribution >= 4 is 24.5 Å². The first kappa shape index (κ1) is 6.35. The van der Waals surface area contributed by atoms with E-state index < -0.39 is 0 Å². The fourth-order valence-corrected chi connectivity index (χ4v) is 1.23. The number of carbonyl (C=O) groups is 2. The Morgan fingerprint density at radius 1 is 1.56 bits per heavy atom. The number of hydrogen-bond donors (Lipinski definition) is 0. The van der Waals surface area contributed by atoms with Crippen LogP contribution in [0.15, 0.2) is 11.6 Å². The SMILES string of the molecule is O=CC1SC=CN1C=O. The topological polar surface area (TPSA) is 37.4 Å². The summed E-state index contributed by atoms with van der Waals surface area (Å²) in [5.74, 6) is 0. The quantitative estimate of drug-likeness (QED) is 0.518. The molecule has 0 spiro atoms. The highest BCUT2D eigenvalue weighted by Crippen LogP contribution is 2.20. The first-order valence-electron chi connectivity index (χ1n) is 2.38. The van der Waals surface area contributed by atoms with Gasteiger partial charge >= 0.3 is 0 Å². The van der Waals surface area contributed by atoms with Gasteiger partial charge in [-0.3, -0.25) is 4.79 Å². The summed E-state index contributed by atoms with van der Waals surface area (Å²) in [5, 5.41) is 1.38. The molecule has 0 radical (unpaired) electrons. The highest BCUT2D eigenvalue weighted by Gasteiger charge is 2.16. The van der Waals surface area contributed by atoms with Crippen molar-refractivity contribution in [1.29, 1.82) is 0 Å². The molecule has 0 saturated heterocycles. The molecule has 1 amide bonds. The Morgan fingerprint density at radius 3 is 2.78 bits per heavy atom. The second-order valence-corrected chi connectivity index (χ2v) is 2.53. The molecule has 0 aromatic carbocycles. The molecule has 0 saturated carbocycles. The first-order valence-corrected chi connectivity index (χ1v) is 3.33. The van der Waals surface area contributed by atoms with Crippen LogP contribution in [0.2, 0.25) is 0 Å².